The Kier molecular flexibility index (Phi) is 3.52. The first-order valence-electron chi connectivity index (χ1n) is 3.42. The number of halogens is 1. The molecule has 0 aliphatic rings. The fourth-order valence-corrected chi connectivity index (χ4v) is 0.996. The second-order valence-corrected chi connectivity index (χ2v) is 3.13. The average molecular weight is 216 g/mol. The van der Waals surface area contributed by atoms with Crippen molar-refractivity contribution < 1.29 is 4.74 Å². The molecule has 0 saturated heterocycles. The summed E-state index contributed by atoms with van der Waals surface area (Å²) in [6.07, 6.45) is 2.68. The van der Waals surface area contributed by atoms with E-state index < -0.39 is 0 Å². The van der Waals surface area contributed by atoms with Crippen molar-refractivity contribution in [2.75, 3.05) is 13.7 Å². The molecule has 0 bridgehead atoms. The first kappa shape index (κ1) is 8.68. The van der Waals surface area contributed by atoms with Crippen molar-refractivity contribution in [2.24, 2.45) is 0 Å². The van der Waals surface area contributed by atoms with E-state index in [0.717, 1.165) is 23.2 Å². The maximum Gasteiger partial charge on any atom is 0.0517 e. The molecule has 0 amide bonds. The number of pyridine rings is 1. The van der Waals surface area contributed by atoms with Crippen LogP contribution in [0.15, 0.2) is 22.8 Å². The van der Waals surface area contributed by atoms with Crippen LogP contribution < -0.4 is 0 Å². The Hall–Kier alpha value is -0.410. The van der Waals surface area contributed by atoms with Crippen molar-refractivity contribution in [3.8, 4) is 0 Å². The molecule has 60 valence electrons. The van der Waals surface area contributed by atoms with Gasteiger partial charge in [-0.25, -0.2) is 0 Å². The van der Waals surface area contributed by atoms with Crippen molar-refractivity contribution in [1.82, 2.24) is 4.98 Å². The molecule has 1 aromatic rings. The number of hydrogen-bond acceptors (Lipinski definition) is 2. The Morgan fingerprint density at radius 2 is 2.36 bits per heavy atom. The van der Waals surface area contributed by atoms with Gasteiger partial charge in [0.2, 0.25) is 0 Å². The van der Waals surface area contributed by atoms with Crippen LogP contribution in [0.25, 0.3) is 0 Å². The SMILES string of the molecule is COCCc1ccc(Br)cn1. The van der Waals surface area contributed by atoms with Gasteiger partial charge < -0.3 is 4.74 Å². The van der Waals surface area contributed by atoms with Crippen molar-refractivity contribution in [3.05, 3.63) is 28.5 Å². The summed E-state index contributed by atoms with van der Waals surface area (Å²) in [4.78, 5) is 4.19. The van der Waals surface area contributed by atoms with Crippen LogP contribution in [0.5, 0.6) is 0 Å². The number of aromatic nitrogens is 1. The van der Waals surface area contributed by atoms with E-state index >= 15 is 0 Å². The van der Waals surface area contributed by atoms with Gasteiger partial charge >= 0.3 is 0 Å². The highest BCUT2D eigenvalue weighted by Gasteiger charge is 1.92. The Labute approximate surface area is 74.7 Å². The van der Waals surface area contributed by atoms with E-state index in [9.17, 15) is 0 Å². The Balaban J connectivity index is 2.52. The van der Waals surface area contributed by atoms with Crippen molar-refractivity contribution in [1.29, 1.82) is 0 Å². The molecule has 1 rings (SSSR count). The van der Waals surface area contributed by atoms with Crippen molar-refractivity contribution in [3.63, 3.8) is 0 Å². The molecular formula is C8H10BrNO. The van der Waals surface area contributed by atoms with E-state index in [1.165, 1.54) is 0 Å². The lowest BCUT2D eigenvalue weighted by Crippen LogP contribution is -1.96. The third-order valence-corrected chi connectivity index (χ3v) is 1.82. The summed E-state index contributed by atoms with van der Waals surface area (Å²) in [5.74, 6) is 0. The number of nitrogens with zero attached hydrogens (tertiary/aromatic N) is 1. The topological polar surface area (TPSA) is 22.1 Å². The third kappa shape index (κ3) is 2.99. The minimum Gasteiger partial charge on any atom is -0.384 e. The van der Waals surface area contributed by atoms with E-state index in [2.05, 4.69) is 20.9 Å². The van der Waals surface area contributed by atoms with Gasteiger partial charge in [0.25, 0.3) is 0 Å². The summed E-state index contributed by atoms with van der Waals surface area (Å²) in [6, 6.07) is 3.97. The molecule has 0 aliphatic heterocycles. The van der Waals surface area contributed by atoms with Gasteiger partial charge in [-0.05, 0) is 28.1 Å². The standard InChI is InChI=1S/C8H10BrNO/c1-11-5-4-8-3-2-7(9)6-10-8/h2-3,6H,4-5H2,1H3. The quantitative estimate of drug-likeness (QED) is 0.771. The molecule has 0 spiro atoms. The number of ether oxygens (including phenoxy) is 1. The molecule has 0 N–H and O–H groups in total. The van der Waals surface area contributed by atoms with Crippen LogP contribution in [0.4, 0.5) is 0 Å². The normalized spacial score (nSPS) is 10.0. The molecule has 0 saturated carbocycles. The lowest BCUT2D eigenvalue weighted by atomic mass is 10.3. The van der Waals surface area contributed by atoms with E-state index in [1.54, 1.807) is 13.3 Å². The fourth-order valence-electron chi connectivity index (χ4n) is 0.761. The fraction of sp³-hybridized carbons (Fsp3) is 0.375. The van der Waals surface area contributed by atoms with Gasteiger partial charge in [-0.3, -0.25) is 4.98 Å². The summed E-state index contributed by atoms with van der Waals surface area (Å²) in [6.45, 7) is 0.731. The first-order valence-corrected chi connectivity index (χ1v) is 4.21. The van der Waals surface area contributed by atoms with E-state index in [0.29, 0.717) is 0 Å². The molecule has 1 heterocycles. The molecule has 0 aromatic carbocycles. The van der Waals surface area contributed by atoms with Crippen LogP contribution in [0, 0.1) is 0 Å². The predicted octanol–water partition coefficient (Wildman–Crippen LogP) is 2.03. The highest BCUT2D eigenvalue weighted by molar-refractivity contribution is 9.10. The molecular weight excluding hydrogens is 206 g/mol. The van der Waals surface area contributed by atoms with Crippen LogP contribution in [0.2, 0.25) is 0 Å². The van der Waals surface area contributed by atoms with Gasteiger partial charge in [0, 0.05) is 29.9 Å². The second-order valence-electron chi connectivity index (χ2n) is 2.21. The van der Waals surface area contributed by atoms with Gasteiger partial charge in [-0.1, -0.05) is 0 Å². The Morgan fingerprint density at radius 3 is 2.91 bits per heavy atom. The van der Waals surface area contributed by atoms with Gasteiger partial charge in [0.05, 0.1) is 6.61 Å². The highest BCUT2D eigenvalue weighted by Crippen LogP contribution is 2.07. The molecule has 0 aliphatic carbocycles. The van der Waals surface area contributed by atoms with E-state index in [1.807, 2.05) is 12.1 Å². The number of hydrogen-bond donors (Lipinski definition) is 0. The van der Waals surface area contributed by atoms with Crippen LogP contribution in [-0.2, 0) is 11.2 Å². The molecule has 11 heavy (non-hydrogen) atoms. The smallest absolute Gasteiger partial charge is 0.0517 e. The molecule has 1 aromatic heterocycles. The zero-order valence-corrected chi connectivity index (χ0v) is 7.97. The van der Waals surface area contributed by atoms with E-state index in [-0.39, 0.29) is 0 Å². The van der Waals surface area contributed by atoms with Crippen molar-refractivity contribution in [2.45, 2.75) is 6.42 Å². The summed E-state index contributed by atoms with van der Waals surface area (Å²) in [5, 5.41) is 0. The molecule has 0 atom stereocenters. The minimum atomic E-state index is 0.731. The second kappa shape index (κ2) is 4.46. The van der Waals surface area contributed by atoms with Crippen LogP contribution in [0.3, 0.4) is 0 Å². The maximum absolute atomic E-state index is 4.92. The maximum atomic E-state index is 4.92. The predicted molar refractivity (Wildman–Crippen MR) is 47.5 cm³/mol. The Morgan fingerprint density at radius 1 is 1.55 bits per heavy atom. The van der Waals surface area contributed by atoms with Gasteiger partial charge in [0.15, 0.2) is 0 Å². The minimum absolute atomic E-state index is 0.731. The largest absolute Gasteiger partial charge is 0.384 e. The molecule has 0 fully saturated rings. The summed E-state index contributed by atoms with van der Waals surface area (Å²) in [7, 11) is 1.69. The van der Waals surface area contributed by atoms with Crippen LogP contribution in [-0.4, -0.2) is 18.7 Å². The monoisotopic (exact) mass is 215 g/mol. The summed E-state index contributed by atoms with van der Waals surface area (Å²) in [5.41, 5.74) is 1.06. The van der Waals surface area contributed by atoms with Crippen molar-refractivity contribution >= 4 is 15.9 Å². The van der Waals surface area contributed by atoms with Crippen LogP contribution >= 0.6 is 15.9 Å². The van der Waals surface area contributed by atoms with E-state index in [4.69, 9.17) is 4.74 Å². The first-order chi connectivity index (χ1) is 5.33. The lowest BCUT2D eigenvalue weighted by molar-refractivity contribution is 0.201. The number of rotatable bonds is 3. The molecule has 2 nitrogen and oxygen atoms in total. The number of methoxy groups -OCH3 is 1. The summed E-state index contributed by atoms with van der Waals surface area (Å²) < 4.78 is 5.94. The molecule has 0 unspecified atom stereocenters. The van der Waals surface area contributed by atoms with Gasteiger partial charge in [-0.2, -0.15) is 0 Å². The van der Waals surface area contributed by atoms with Gasteiger partial charge in [0.1, 0.15) is 0 Å². The average Bonchev–Trinajstić information content (AvgIpc) is 2.04. The van der Waals surface area contributed by atoms with Crippen LogP contribution in [0.1, 0.15) is 5.69 Å². The van der Waals surface area contributed by atoms with Gasteiger partial charge in [-0.15, -0.1) is 0 Å². The zero-order valence-electron chi connectivity index (χ0n) is 6.38. The lowest BCUT2D eigenvalue weighted by Gasteiger charge is -1.98. The third-order valence-electron chi connectivity index (χ3n) is 1.35. The molecule has 0 radical (unpaired) electrons. The highest BCUT2D eigenvalue weighted by atomic mass is 79.9. The summed E-state index contributed by atoms with van der Waals surface area (Å²) >= 11 is 3.32. The molecule has 3 heteroatoms. The Bertz CT molecular complexity index is 210. The zero-order chi connectivity index (χ0) is 8.10.